The third-order valence-corrected chi connectivity index (χ3v) is 6.57. The van der Waals surface area contributed by atoms with Gasteiger partial charge in [0, 0.05) is 67.6 Å². The number of nitrogens with zero attached hydrogens (tertiary/aromatic N) is 5. The average molecular weight is 421 g/mol. The molecule has 9 heteroatoms. The number of hydrogen-bond acceptors (Lipinski definition) is 5. The van der Waals surface area contributed by atoms with Crippen LogP contribution in [0.15, 0.2) is 30.7 Å². The fraction of sp³-hybridized carbons (Fsp3) is 0.409. The van der Waals surface area contributed by atoms with Gasteiger partial charge >= 0.3 is 6.03 Å². The van der Waals surface area contributed by atoms with Crippen molar-refractivity contribution in [2.75, 3.05) is 41.3 Å². The number of amides is 2. The summed E-state index contributed by atoms with van der Waals surface area (Å²) in [5.74, 6) is 0.154. The van der Waals surface area contributed by atoms with Crippen molar-refractivity contribution in [3.05, 3.63) is 47.8 Å². The number of pyridine rings is 2. The number of piperazine rings is 1. The molecular formula is C22H24FN7O. The van der Waals surface area contributed by atoms with Gasteiger partial charge in [-0.05, 0) is 32.3 Å². The molecule has 0 atom stereocenters. The first-order valence-corrected chi connectivity index (χ1v) is 10.7. The Bertz CT molecular complexity index is 1200. The van der Waals surface area contributed by atoms with E-state index in [9.17, 15) is 9.18 Å². The highest BCUT2D eigenvalue weighted by molar-refractivity contribution is 6.03. The number of imidazole rings is 1. The van der Waals surface area contributed by atoms with Crippen LogP contribution in [0.2, 0.25) is 0 Å². The van der Waals surface area contributed by atoms with Crippen LogP contribution in [0.3, 0.4) is 0 Å². The Morgan fingerprint density at radius 1 is 1.29 bits per heavy atom. The van der Waals surface area contributed by atoms with Crippen molar-refractivity contribution in [2.24, 2.45) is 0 Å². The molecule has 8 nitrogen and oxygen atoms in total. The molecule has 1 spiro atoms. The molecule has 2 N–H and O–H groups in total. The Morgan fingerprint density at radius 3 is 3.00 bits per heavy atom. The van der Waals surface area contributed by atoms with Crippen LogP contribution in [0.1, 0.15) is 24.1 Å². The summed E-state index contributed by atoms with van der Waals surface area (Å²) < 4.78 is 16.3. The summed E-state index contributed by atoms with van der Waals surface area (Å²) in [5, 5.41) is 6.35. The van der Waals surface area contributed by atoms with Crippen molar-refractivity contribution in [1.29, 1.82) is 0 Å². The lowest BCUT2D eigenvalue weighted by Crippen LogP contribution is -2.52. The third-order valence-electron chi connectivity index (χ3n) is 6.57. The molecule has 2 amide bonds. The molecule has 1 saturated heterocycles. The van der Waals surface area contributed by atoms with E-state index in [0.717, 1.165) is 43.0 Å². The van der Waals surface area contributed by atoms with E-state index < -0.39 is 5.82 Å². The van der Waals surface area contributed by atoms with E-state index in [1.54, 1.807) is 27.9 Å². The molecule has 3 aromatic heterocycles. The fourth-order valence-electron chi connectivity index (χ4n) is 4.83. The normalized spacial score (nSPS) is 19.2. The minimum absolute atomic E-state index is 0.122. The molecule has 3 aliphatic rings. The van der Waals surface area contributed by atoms with Crippen molar-refractivity contribution in [2.45, 2.75) is 31.7 Å². The Balaban J connectivity index is 1.26. The number of urea groups is 1. The standard InChI is InChI=1S/C22H24FN7O/c1-14-11-29-12-17(16(23)10-19(29)26-14)27-21(31)30-8-3-15-18(2-6-24-20(15)30)28-9-7-25-22(13-28)4-5-22/h2,6,10-12,25H,3-5,7-9,13H2,1H3,(H,27,31). The summed E-state index contributed by atoms with van der Waals surface area (Å²) in [6.45, 7) is 5.27. The Kier molecular flexibility index (Phi) is 3.98. The quantitative estimate of drug-likeness (QED) is 0.665. The van der Waals surface area contributed by atoms with Gasteiger partial charge < -0.3 is 19.9 Å². The van der Waals surface area contributed by atoms with Crippen molar-refractivity contribution in [3.63, 3.8) is 0 Å². The van der Waals surface area contributed by atoms with Crippen LogP contribution < -0.4 is 20.4 Å². The van der Waals surface area contributed by atoms with Gasteiger partial charge in [-0.2, -0.15) is 0 Å². The highest BCUT2D eigenvalue weighted by Crippen LogP contribution is 2.41. The van der Waals surface area contributed by atoms with Crippen molar-refractivity contribution in [1.82, 2.24) is 19.7 Å². The second kappa shape index (κ2) is 6.65. The smallest absolute Gasteiger partial charge is 0.327 e. The van der Waals surface area contributed by atoms with Gasteiger partial charge in [0.2, 0.25) is 0 Å². The summed E-state index contributed by atoms with van der Waals surface area (Å²) in [4.78, 5) is 25.8. The van der Waals surface area contributed by atoms with E-state index in [4.69, 9.17) is 0 Å². The molecule has 2 fully saturated rings. The summed E-state index contributed by atoms with van der Waals surface area (Å²) in [5.41, 5.74) is 3.94. The van der Waals surface area contributed by atoms with Crippen LogP contribution in [-0.2, 0) is 6.42 Å². The second-order valence-corrected chi connectivity index (χ2v) is 8.78. The van der Waals surface area contributed by atoms with E-state index in [0.29, 0.717) is 18.0 Å². The van der Waals surface area contributed by atoms with Crippen LogP contribution in [0.25, 0.3) is 5.65 Å². The molecule has 160 valence electrons. The maximum absolute atomic E-state index is 14.5. The minimum atomic E-state index is -0.511. The topological polar surface area (TPSA) is 77.8 Å². The van der Waals surface area contributed by atoms with Crippen LogP contribution >= 0.6 is 0 Å². The minimum Gasteiger partial charge on any atom is -0.368 e. The molecule has 1 saturated carbocycles. The van der Waals surface area contributed by atoms with Crippen molar-refractivity contribution in [3.8, 4) is 0 Å². The van der Waals surface area contributed by atoms with Crippen LogP contribution in [0.4, 0.5) is 26.4 Å². The molecule has 5 heterocycles. The number of rotatable bonds is 2. The number of aryl methyl sites for hydroxylation is 1. The lowest BCUT2D eigenvalue weighted by atomic mass is 10.1. The van der Waals surface area contributed by atoms with Gasteiger partial charge in [-0.1, -0.05) is 0 Å². The summed E-state index contributed by atoms with van der Waals surface area (Å²) in [7, 11) is 0. The molecule has 0 unspecified atom stereocenters. The summed E-state index contributed by atoms with van der Waals surface area (Å²) in [6, 6.07) is 3.00. The van der Waals surface area contributed by atoms with Gasteiger partial charge in [0.25, 0.3) is 0 Å². The number of hydrogen-bond donors (Lipinski definition) is 2. The van der Waals surface area contributed by atoms with Gasteiger partial charge in [-0.15, -0.1) is 0 Å². The van der Waals surface area contributed by atoms with E-state index in [2.05, 4.69) is 31.6 Å². The van der Waals surface area contributed by atoms with Gasteiger partial charge in [0.05, 0.1) is 11.4 Å². The summed E-state index contributed by atoms with van der Waals surface area (Å²) in [6.07, 6.45) is 8.30. The number of carbonyl (C=O) groups excluding carboxylic acids is 1. The van der Waals surface area contributed by atoms with E-state index >= 15 is 0 Å². The average Bonchev–Trinajstić information content (AvgIpc) is 3.18. The number of halogens is 1. The molecule has 31 heavy (non-hydrogen) atoms. The Labute approximate surface area is 179 Å². The summed E-state index contributed by atoms with van der Waals surface area (Å²) >= 11 is 0. The highest BCUT2D eigenvalue weighted by atomic mass is 19.1. The van der Waals surface area contributed by atoms with Crippen LogP contribution in [0.5, 0.6) is 0 Å². The molecule has 0 bridgehead atoms. The second-order valence-electron chi connectivity index (χ2n) is 8.78. The molecular weight excluding hydrogens is 397 g/mol. The zero-order valence-electron chi connectivity index (χ0n) is 17.4. The predicted octanol–water partition coefficient (Wildman–Crippen LogP) is 2.71. The van der Waals surface area contributed by atoms with E-state index in [1.165, 1.54) is 18.9 Å². The Morgan fingerprint density at radius 2 is 2.16 bits per heavy atom. The van der Waals surface area contributed by atoms with E-state index in [-0.39, 0.29) is 17.3 Å². The fourth-order valence-corrected chi connectivity index (χ4v) is 4.83. The zero-order valence-corrected chi connectivity index (χ0v) is 17.4. The van der Waals surface area contributed by atoms with Crippen molar-refractivity contribution >= 4 is 28.9 Å². The highest BCUT2D eigenvalue weighted by Gasteiger charge is 2.46. The maximum Gasteiger partial charge on any atom is 0.327 e. The lowest BCUT2D eigenvalue weighted by Gasteiger charge is -2.36. The molecule has 0 aromatic carbocycles. The zero-order chi connectivity index (χ0) is 21.2. The largest absolute Gasteiger partial charge is 0.368 e. The first-order valence-electron chi connectivity index (χ1n) is 10.7. The third kappa shape index (κ3) is 3.11. The van der Waals surface area contributed by atoms with E-state index in [1.807, 2.05) is 6.92 Å². The molecule has 3 aromatic rings. The molecule has 2 aliphatic heterocycles. The number of fused-ring (bicyclic) bond motifs is 2. The first kappa shape index (κ1) is 18.6. The number of aromatic nitrogens is 3. The van der Waals surface area contributed by atoms with Crippen molar-refractivity contribution < 1.29 is 9.18 Å². The van der Waals surface area contributed by atoms with Crippen LogP contribution in [0, 0.1) is 12.7 Å². The van der Waals surface area contributed by atoms with Gasteiger partial charge in [0.1, 0.15) is 11.5 Å². The molecule has 6 rings (SSSR count). The number of nitrogens with one attached hydrogen (secondary N) is 2. The SMILES string of the molecule is Cc1cn2cc(NC(=O)N3CCc4c(N5CCNC6(CC6)C5)ccnc43)c(F)cc2n1. The van der Waals surface area contributed by atoms with Gasteiger partial charge in [-0.3, -0.25) is 4.90 Å². The first-order chi connectivity index (χ1) is 15.0. The van der Waals surface area contributed by atoms with Gasteiger partial charge in [-0.25, -0.2) is 19.2 Å². The Hall–Kier alpha value is -3.20. The maximum atomic E-state index is 14.5. The van der Waals surface area contributed by atoms with Crippen LogP contribution in [-0.4, -0.2) is 52.1 Å². The van der Waals surface area contributed by atoms with Gasteiger partial charge in [0.15, 0.2) is 5.82 Å². The molecule has 0 radical (unpaired) electrons. The number of anilines is 3. The lowest BCUT2D eigenvalue weighted by molar-refractivity contribution is 0.257. The molecule has 1 aliphatic carbocycles. The number of carbonyl (C=O) groups is 1. The monoisotopic (exact) mass is 421 g/mol. The predicted molar refractivity (Wildman–Crippen MR) is 116 cm³/mol.